The van der Waals surface area contributed by atoms with E-state index in [0.717, 1.165) is 45.5 Å². The third-order valence-electron chi connectivity index (χ3n) is 7.67. The van der Waals surface area contributed by atoms with Crippen LogP contribution in [0.4, 0.5) is 0 Å². The molecular formula is C37H25N5. The Morgan fingerprint density at radius 3 is 1.60 bits per heavy atom. The van der Waals surface area contributed by atoms with Crippen molar-refractivity contribution in [2.75, 3.05) is 0 Å². The van der Waals surface area contributed by atoms with E-state index < -0.39 is 0 Å². The fourth-order valence-electron chi connectivity index (χ4n) is 5.82. The van der Waals surface area contributed by atoms with Gasteiger partial charge in [-0.15, -0.1) is 0 Å². The summed E-state index contributed by atoms with van der Waals surface area (Å²) < 4.78 is 4.53. The monoisotopic (exact) mass is 539 g/mol. The second-order valence-electron chi connectivity index (χ2n) is 10.2. The Kier molecular flexibility index (Phi) is 5.71. The molecule has 0 aliphatic rings. The lowest BCUT2D eigenvalue weighted by atomic mass is 10.1. The van der Waals surface area contributed by atoms with E-state index in [-0.39, 0.29) is 0 Å². The Balaban J connectivity index is 1.36. The van der Waals surface area contributed by atoms with E-state index in [9.17, 15) is 0 Å². The Bertz CT molecular complexity index is 2110. The van der Waals surface area contributed by atoms with Gasteiger partial charge < -0.3 is 4.57 Å². The lowest BCUT2D eigenvalue weighted by molar-refractivity contribution is 1.06. The molecule has 0 unspecified atom stereocenters. The van der Waals surface area contributed by atoms with Gasteiger partial charge in [-0.2, -0.15) is 0 Å². The smallest absolute Gasteiger partial charge is 0.145 e. The zero-order chi connectivity index (χ0) is 27.9. The molecule has 198 valence electrons. The van der Waals surface area contributed by atoms with Gasteiger partial charge in [-0.3, -0.25) is 14.5 Å². The molecule has 4 heterocycles. The number of pyridine rings is 2. The fraction of sp³-hybridized carbons (Fsp3) is 0. The Hall–Kier alpha value is -5.81. The molecule has 0 aliphatic carbocycles. The number of hydrogen-bond donors (Lipinski definition) is 0. The van der Waals surface area contributed by atoms with Crippen LogP contribution >= 0.6 is 0 Å². The van der Waals surface area contributed by atoms with Crippen molar-refractivity contribution in [3.63, 3.8) is 0 Å². The Labute approximate surface area is 243 Å². The van der Waals surface area contributed by atoms with Crippen LogP contribution in [0, 0.1) is 0 Å². The molecule has 0 amide bonds. The van der Waals surface area contributed by atoms with Gasteiger partial charge in [0.1, 0.15) is 17.2 Å². The highest BCUT2D eigenvalue weighted by Gasteiger charge is 2.24. The molecule has 0 fully saturated rings. The predicted octanol–water partition coefficient (Wildman–Crippen LogP) is 8.76. The number of hydrogen-bond acceptors (Lipinski definition) is 3. The molecule has 0 N–H and O–H groups in total. The summed E-state index contributed by atoms with van der Waals surface area (Å²) in [5, 5.41) is 2.49. The summed E-state index contributed by atoms with van der Waals surface area (Å²) in [6.45, 7) is 0. The number of benzene rings is 4. The van der Waals surface area contributed by atoms with Gasteiger partial charge in [-0.1, -0.05) is 66.7 Å². The molecule has 4 aromatic carbocycles. The minimum atomic E-state index is 0.791. The maximum absolute atomic E-state index is 5.25. The van der Waals surface area contributed by atoms with Crippen molar-refractivity contribution in [2.24, 2.45) is 0 Å². The molecule has 8 aromatic rings. The number of rotatable bonds is 5. The summed E-state index contributed by atoms with van der Waals surface area (Å²) in [7, 11) is 0. The SMILES string of the molecule is c1ccc(-n2c(-c3ccc(-n4c5ccccc5c5ccccc54)cc3)nc(-c3ccccn3)c2-c2ccccn2)cc1. The highest BCUT2D eigenvalue weighted by Crippen LogP contribution is 2.38. The average molecular weight is 540 g/mol. The molecule has 0 saturated carbocycles. The molecule has 0 radical (unpaired) electrons. The van der Waals surface area contributed by atoms with Gasteiger partial charge in [0.25, 0.3) is 0 Å². The van der Waals surface area contributed by atoms with Gasteiger partial charge in [0.2, 0.25) is 0 Å². The minimum absolute atomic E-state index is 0.791. The number of aromatic nitrogens is 5. The first-order valence-corrected chi connectivity index (χ1v) is 14.0. The van der Waals surface area contributed by atoms with Crippen molar-refractivity contribution in [2.45, 2.75) is 0 Å². The zero-order valence-corrected chi connectivity index (χ0v) is 22.7. The standard InChI is InChI=1S/C37H25N5/c1-2-12-27(13-3-1)42-36(32-17-9-11-25-39-32)35(31-16-8-10-24-38-31)40-37(42)26-20-22-28(23-21-26)41-33-18-6-4-14-29(33)30-15-5-7-19-34(30)41/h1-25H. The van der Waals surface area contributed by atoms with Gasteiger partial charge >= 0.3 is 0 Å². The number of imidazole rings is 1. The van der Waals surface area contributed by atoms with Crippen molar-refractivity contribution in [3.05, 3.63) is 152 Å². The summed E-state index contributed by atoms with van der Waals surface area (Å²) in [6.07, 6.45) is 3.62. The lowest BCUT2D eigenvalue weighted by Crippen LogP contribution is -2.01. The van der Waals surface area contributed by atoms with Crippen molar-refractivity contribution in [3.8, 4) is 45.5 Å². The normalized spacial score (nSPS) is 11.3. The molecule has 0 spiro atoms. The first-order chi connectivity index (χ1) is 20.9. The first kappa shape index (κ1) is 24.0. The molecule has 5 heteroatoms. The van der Waals surface area contributed by atoms with Crippen LogP contribution in [0.1, 0.15) is 0 Å². The van der Waals surface area contributed by atoms with Crippen molar-refractivity contribution >= 4 is 21.8 Å². The second-order valence-corrected chi connectivity index (χ2v) is 10.2. The molecule has 8 rings (SSSR count). The molecule has 0 bridgehead atoms. The third kappa shape index (κ3) is 3.91. The summed E-state index contributed by atoms with van der Waals surface area (Å²) >= 11 is 0. The minimum Gasteiger partial charge on any atom is -0.309 e. The fourth-order valence-corrected chi connectivity index (χ4v) is 5.82. The van der Waals surface area contributed by atoms with E-state index in [0.29, 0.717) is 0 Å². The van der Waals surface area contributed by atoms with E-state index in [1.165, 1.54) is 21.8 Å². The number of para-hydroxylation sites is 3. The molecule has 0 atom stereocenters. The highest BCUT2D eigenvalue weighted by molar-refractivity contribution is 6.09. The number of nitrogens with zero attached hydrogens (tertiary/aromatic N) is 5. The van der Waals surface area contributed by atoms with Crippen molar-refractivity contribution < 1.29 is 0 Å². The molecular weight excluding hydrogens is 514 g/mol. The molecule has 0 saturated heterocycles. The van der Waals surface area contributed by atoms with Crippen LogP contribution < -0.4 is 0 Å². The summed E-state index contributed by atoms with van der Waals surface area (Å²) in [5.74, 6) is 0.830. The van der Waals surface area contributed by atoms with E-state index in [4.69, 9.17) is 9.97 Å². The lowest BCUT2D eigenvalue weighted by Gasteiger charge is -2.13. The number of fused-ring (bicyclic) bond motifs is 3. The Morgan fingerprint density at radius 1 is 0.429 bits per heavy atom. The average Bonchev–Trinajstić information content (AvgIpc) is 3.63. The molecule has 5 nitrogen and oxygen atoms in total. The molecule has 4 aromatic heterocycles. The van der Waals surface area contributed by atoms with E-state index in [1.54, 1.807) is 6.20 Å². The maximum atomic E-state index is 5.25. The van der Waals surface area contributed by atoms with E-state index in [2.05, 4.69) is 99.0 Å². The topological polar surface area (TPSA) is 48.5 Å². The van der Waals surface area contributed by atoms with Gasteiger partial charge in [0.15, 0.2) is 0 Å². The third-order valence-corrected chi connectivity index (χ3v) is 7.67. The van der Waals surface area contributed by atoms with Crippen LogP contribution in [0.25, 0.3) is 67.3 Å². The van der Waals surface area contributed by atoms with Crippen molar-refractivity contribution in [1.82, 2.24) is 24.1 Å². The van der Waals surface area contributed by atoms with Gasteiger partial charge in [0, 0.05) is 40.1 Å². The van der Waals surface area contributed by atoms with Crippen molar-refractivity contribution in [1.29, 1.82) is 0 Å². The molecule has 0 aliphatic heterocycles. The summed E-state index contributed by atoms with van der Waals surface area (Å²) in [4.78, 5) is 14.7. The summed E-state index contributed by atoms with van der Waals surface area (Å²) in [5.41, 5.74) is 8.82. The predicted molar refractivity (Wildman–Crippen MR) is 170 cm³/mol. The Morgan fingerprint density at radius 2 is 0.976 bits per heavy atom. The second kappa shape index (κ2) is 9.98. The van der Waals surface area contributed by atoms with E-state index in [1.807, 2.05) is 60.8 Å². The summed E-state index contributed by atoms with van der Waals surface area (Å²) in [6, 6.07) is 48.0. The quantitative estimate of drug-likeness (QED) is 0.220. The van der Waals surface area contributed by atoms with Gasteiger partial charge in [-0.05, 0) is 72.8 Å². The highest BCUT2D eigenvalue weighted by atomic mass is 15.1. The molecule has 42 heavy (non-hydrogen) atoms. The van der Waals surface area contributed by atoms with E-state index >= 15 is 0 Å². The van der Waals surface area contributed by atoms with Gasteiger partial charge in [-0.25, -0.2) is 4.98 Å². The largest absolute Gasteiger partial charge is 0.309 e. The van der Waals surface area contributed by atoms with Crippen LogP contribution in [0.3, 0.4) is 0 Å². The first-order valence-electron chi connectivity index (χ1n) is 14.0. The van der Waals surface area contributed by atoms with Crippen LogP contribution in [0.15, 0.2) is 152 Å². The van der Waals surface area contributed by atoms with Gasteiger partial charge in [0.05, 0.1) is 22.4 Å². The van der Waals surface area contributed by atoms with Crippen LogP contribution in [-0.2, 0) is 0 Å². The van der Waals surface area contributed by atoms with Crippen LogP contribution in [0.5, 0.6) is 0 Å². The van der Waals surface area contributed by atoms with Crippen LogP contribution in [-0.4, -0.2) is 24.1 Å². The maximum Gasteiger partial charge on any atom is 0.145 e. The van der Waals surface area contributed by atoms with Crippen LogP contribution in [0.2, 0.25) is 0 Å². The zero-order valence-electron chi connectivity index (χ0n) is 22.7.